The molecule has 2 aromatic carbocycles. The van der Waals surface area contributed by atoms with Crippen LogP contribution in [0.3, 0.4) is 0 Å². The van der Waals surface area contributed by atoms with Crippen LogP contribution >= 0.6 is 0 Å². The number of rotatable bonds is 9. The summed E-state index contributed by atoms with van der Waals surface area (Å²) >= 11 is 0. The Kier molecular flexibility index (Phi) is 6.04. The number of nitro groups is 1. The third kappa shape index (κ3) is 4.11. The van der Waals surface area contributed by atoms with E-state index in [1.54, 1.807) is 0 Å². The summed E-state index contributed by atoms with van der Waals surface area (Å²) in [5.74, 6) is -3.82. The second-order valence-corrected chi connectivity index (χ2v) is 6.36. The summed E-state index contributed by atoms with van der Waals surface area (Å²) < 4.78 is 38.4. The van der Waals surface area contributed by atoms with Gasteiger partial charge in [0.2, 0.25) is 5.52 Å². The summed E-state index contributed by atoms with van der Waals surface area (Å²) in [6.45, 7) is 2.04. The minimum Gasteiger partial charge on any atom is -0.485 e. The molecule has 1 heterocycles. The smallest absolute Gasteiger partial charge is 0.300 e. The molecule has 0 aliphatic carbocycles. The van der Waals surface area contributed by atoms with E-state index in [2.05, 4.69) is 20.3 Å². The number of anilines is 1. The maximum atomic E-state index is 14.5. The average molecular weight is 421 g/mol. The van der Waals surface area contributed by atoms with Crippen LogP contribution in [-0.4, -0.2) is 33.8 Å². The van der Waals surface area contributed by atoms with Gasteiger partial charge in [0.1, 0.15) is 17.5 Å². The Balaban J connectivity index is 1.81. The zero-order valence-electron chi connectivity index (χ0n) is 15.7. The standard InChI is InChI=1S/C18H17F2N5O5/c1-2-3-9(29-13-7-4-10(19)14(15(13)20)18(21)26)8-22-11-5-6-12(25(27)28)17-16(11)23-30-24-17/h4-7,9,22H,2-3,8H2,1H3,(H2,21,26)/t9-/m1/s1. The van der Waals surface area contributed by atoms with E-state index >= 15 is 0 Å². The van der Waals surface area contributed by atoms with Crippen molar-refractivity contribution in [1.29, 1.82) is 0 Å². The zero-order valence-corrected chi connectivity index (χ0v) is 15.7. The molecule has 10 nitrogen and oxygen atoms in total. The number of hydrogen-bond donors (Lipinski definition) is 2. The first-order chi connectivity index (χ1) is 14.3. The number of ether oxygens (including phenoxy) is 1. The van der Waals surface area contributed by atoms with Gasteiger partial charge < -0.3 is 15.8 Å². The van der Waals surface area contributed by atoms with Gasteiger partial charge in [-0.3, -0.25) is 14.9 Å². The summed E-state index contributed by atoms with van der Waals surface area (Å²) in [4.78, 5) is 21.8. The van der Waals surface area contributed by atoms with E-state index in [1.165, 1.54) is 12.1 Å². The Morgan fingerprint density at radius 3 is 2.70 bits per heavy atom. The minimum absolute atomic E-state index is 0.0198. The van der Waals surface area contributed by atoms with E-state index in [-0.39, 0.29) is 29.0 Å². The van der Waals surface area contributed by atoms with Gasteiger partial charge >= 0.3 is 5.69 Å². The van der Waals surface area contributed by atoms with Crippen LogP contribution in [0.4, 0.5) is 20.2 Å². The van der Waals surface area contributed by atoms with Gasteiger partial charge in [-0.15, -0.1) is 0 Å². The average Bonchev–Trinajstić information content (AvgIpc) is 3.17. The highest BCUT2D eigenvalue weighted by molar-refractivity contribution is 5.94. The van der Waals surface area contributed by atoms with Crippen molar-refractivity contribution in [3.8, 4) is 5.75 Å². The highest BCUT2D eigenvalue weighted by Crippen LogP contribution is 2.29. The van der Waals surface area contributed by atoms with Crippen molar-refractivity contribution >= 4 is 28.3 Å². The highest BCUT2D eigenvalue weighted by Gasteiger charge is 2.23. The molecule has 1 aromatic heterocycles. The van der Waals surface area contributed by atoms with Crippen LogP contribution in [0.1, 0.15) is 30.1 Å². The number of nitro benzene ring substituents is 1. The van der Waals surface area contributed by atoms with Crippen molar-refractivity contribution in [2.75, 3.05) is 11.9 Å². The first-order valence-corrected chi connectivity index (χ1v) is 8.91. The van der Waals surface area contributed by atoms with Crippen molar-refractivity contribution < 1.29 is 27.9 Å². The predicted molar refractivity (Wildman–Crippen MR) is 101 cm³/mol. The number of nitrogens with one attached hydrogen (secondary N) is 1. The van der Waals surface area contributed by atoms with Crippen molar-refractivity contribution in [1.82, 2.24) is 10.3 Å². The predicted octanol–water partition coefficient (Wildman–Crippen LogP) is 3.17. The second kappa shape index (κ2) is 8.68. The third-order valence-corrected chi connectivity index (χ3v) is 4.32. The number of primary amides is 1. The quantitative estimate of drug-likeness (QED) is 0.396. The Morgan fingerprint density at radius 1 is 1.30 bits per heavy atom. The zero-order chi connectivity index (χ0) is 21.8. The van der Waals surface area contributed by atoms with Crippen LogP contribution in [0.5, 0.6) is 5.75 Å². The first kappa shape index (κ1) is 20.9. The molecule has 0 aliphatic rings. The van der Waals surface area contributed by atoms with E-state index in [0.717, 1.165) is 12.1 Å². The molecule has 12 heteroatoms. The summed E-state index contributed by atoms with van der Waals surface area (Å²) in [5, 5.41) is 21.3. The molecule has 3 N–H and O–H groups in total. The third-order valence-electron chi connectivity index (χ3n) is 4.32. The van der Waals surface area contributed by atoms with Gasteiger partial charge in [0.05, 0.1) is 17.2 Å². The lowest BCUT2D eigenvalue weighted by Gasteiger charge is -2.20. The normalized spacial score (nSPS) is 12.0. The number of aromatic nitrogens is 2. The van der Waals surface area contributed by atoms with Gasteiger partial charge in [-0.05, 0) is 34.9 Å². The lowest BCUT2D eigenvalue weighted by atomic mass is 10.1. The van der Waals surface area contributed by atoms with Crippen molar-refractivity contribution in [2.45, 2.75) is 25.9 Å². The van der Waals surface area contributed by atoms with Crippen molar-refractivity contribution in [3.05, 3.63) is 51.6 Å². The lowest BCUT2D eigenvalue weighted by Crippen LogP contribution is -2.27. The maximum absolute atomic E-state index is 14.5. The van der Waals surface area contributed by atoms with E-state index in [4.69, 9.17) is 10.5 Å². The number of non-ortho nitro benzene ring substituents is 1. The highest BCUT2D eigenvalue weighted by atomic mass is 19.1. The van der Waals surface area contributed by atoms with E-state index < -0.39 is 34.1 Å². The molecule has 0 saturated heterocycles. The van der Waals surface area contributed by atoms with Gasteiger partial charge in [0.25, 0.3) is 5.91 Å². The van der Waals surface area contributed by atoms with Crippen LogP contribution in [0.2, 0.25) is 0 Å². The second-order valence-electron chi connectivity index (χ2n) is 6.36. The van der Waals surface area contributed by atoms with Gasteiger partial charge in [-0.1, -0.05) is 13.3 Å². The molecule has 0 unspecified atom stereocenters. The number of fused-ring (bicyclic) bond motifs is 1. The monoisotopic (exact) mass is 421 g/mol. The SMILES string of the molecule is CCC[C@H](CNc1ccc([N+](=O)[O-])c2nonc12)Oc1ccc(F)c(C(N)=O)c1F. The molecule has 0 aliphatic heterocycles. The minimum atomic E-state index is -1.24. The number of benzene rings is 2. The number of nitrogens with two attached hydrogens (primary N) is 1. The maximum Gasteiger partial charge on any atom is 0.300 e. The molecule has 0 bridgehead atoms. The first-order valence-electron chi connectivity index (χ1n) is 8.91. The Bertz CT molecular complexity index is 1100. The van der Waals surface area contributed by atoms with Gasteiger partial charge in [-0.2, -0.15) is 0 Å². The van der Waals surface area contributed by atoms with Crippen molar-refractivity contribution in [2.24, 2.45) is 5.73 Å². The largest absolute Gasteiger partial charge is 0.485 e. The van der Waals surface area contributed by atoms with Crippen LogP contribution in [0, 0.1) is 21.7 Å². The molecule has 3 aromatic rings. The van der Waals surface area contributed by atoms with E-state index in [0.29, 0.717) is 18.5 Å². The molecule has 0 fully saturated rings. The number of halogens is 2. The van der Waals surface area contributed by atoms with Crippen LogP contribution in [0.15, 0.2) is 28.9 Å². The van der Waals surface area contributed by atoms with Gasteiger partial charge in [-0.25, -0.2) is 13.4 Å². The lowest BCUT2D eigenvalue weighted by molar-refractivity contribution is -0.383. The molecule has 0 saturated carbocycles. The molecule has 0 spiro atoms. The molecular formula is C18H17F2N5O5. The van der Waals surface area contributed by atoms with E-state index in [1.807, 2.05) is 6.92 Å². The molecule has 0 radical (unpaired) electrons. The van der Waals surface area contributed by atoms with Gasteiger partial charge in [0.15, 0.2) is 17.1 Å². The molecule has 3 rings (SSSR count). The fourth-order valence-corrected chi connectivity index (χ4v) is 2.92. The van der Waals surface area contributed by atoms with Crippen LogP contribution in [-0.2, 0) is 0 Å². The molecule has 1 atom stereocenters. The Labute approximate surface area is 168 Å². The fraction of sp³-hybridized carbons (Fsp3) is 0.278. The Hall–Kier alpha value is -3.83. The summed E-state index contributed by atoms with van der Waals surface area (Å²) in [6.07, 6.45) is 0.586. The van der Waals surface area contributed by atoms with E-state index in [9.17, 15) is 23.7 Å². The summed E-state index contributed by atoms with van der Waals surface area (Å²) in [5.41, 5.74) is 4.43. The number of carbonyl (C=O) groups is 1. The Morgan fingerprint density at radius 2 is 2.03 bits per heavy atom. The number of nitrogens with zero attached hydrogens (tertiary/aromatic N) is 3. The summed E-state index contributed by atoms with van der Waals surface area (Å²) in [7, 11) is 0. The van der Waals surface area contributed by atoms with Crippen LogP contribution in [0.25, 0.3) is 11.0 Å². The summed E-state index contributed by atoms with van der Waals surface area (Å²) in [6, 6.07) is 4.67. The molecular weight excluding hydrogens is 404 g/mol. The number of amides is 1. The topological polar surface area (TPSA) is 146 Å². The van der Waals surface area contributed by atoms with Gasteiger partial charge in [0, 0.05) is 6.07 Å². The molecule has 1 amide bonds. The fourth-order valence-electron chi connectivity index (χ4n) is 2.92. The number of hydrogen-bond acceptors (Lipinski definition) is 8. The number of carbonyl (C=O) groups excluding carboxylic acids is 1. The molecule has 158 valence electrons. The van der Waals surface area contributed by atoms with Crippen LogP contribution < -0.4 is 15.8 Å². The van der Waals surface area contributed by atoms with Crippen molar-refractivity contribution in [3.63, 3.8) is 0 Å². The molecule has 30 heavy (non-hydrogen) atoms.